The van der Waals surface area contributed by atoms with E-state index in [4.69, 9.17) is 5.11 Å². The van der Waals surface area contributed by atoms with Crippen LogP contribution in [-0.2, 0) is 0 Å². The zero-order valence-corrected chi connectivity index (χ0v) is 16.4. The first-order chi connectivity index (χ1) is 12.3. The van der Waals surface area contributed by atoms with Crippen LogP contribution in [0.3, 0.4) is 0 Å². The third kappa shape index (κ3) is 18.4. The van der Waals surface area contributed by atoms with Crippen molar-refractivity contribution >= 4 is 0 Å². The normalized spacial score (nSPS) is 13.6. The molecule has 0 heterocycles. The molecule has 0 unspecified atom stereocenters. The molecule has 0 spiro atoms. The molecule has 0 amide bonds. The predicted molar refractivity (Wildman–Crippen MR) is 114 cm³/mol. The van der Waals surface area contributed by atoms with Gasteiger partial charge in [0.25, 0.3) is 0 Å². The van der Waals surface area contributed by atoms with E-state index in [1.54, 1.807) is 0 Å². The van der Waals surface area contributed by atoms with Gasteiger partial charge in [0, 0.05) is 0 Å². The van der Waals surface area contributed by atoms with Crippen molar-refractivity contribution in [2.24, 2.45) is 0 Å². The van der Waals surface area contributed by atoms with Gasteiger partial charge in [0.2, 0.25) is 0 Å². The molecule has 0 fully saturated rings. The van der Waals surface area contributed by atoms with Crippen molar-refractivity contribution in [3.05, 3.63) is 72.6 Å². The number of allylic oxidation sites excluding steroid dienone is 11. The molecule has 1 nitrogen and oxygen atoms in total. The molecule has 0 aromatic heterocycles. The average molecular weight is 343 g/mol. The van der Waals surface area contributed by atoms with Gasteiger partial charge in [-0.2, -0.15) is 0 Å². The molecule has 0 saturated heterocycles. The topological polar surface area (TPSA) is 20.2 Å². The van der Waals surface area contributed by atoms with Crippen LogP contribution in [0.15, 0.2) is 72.6 Å². The minimum Gasteiger partial charge on any atom is -0.515 e. The van der Waals surface area contributed by atoms with Gasteiger partial charge in [-0.3, -0.25) is 0 Å². The van der Waals surface area contributed by atoms with Gasteiger partial charge >= 0.3 is 0 Å². The van der Waals surface area contributed by atoms with Crippen LogP contribution in [0, 0.1) is 0 Å². The third-order valence-electron chi connectivity index (χ3n) is 4.02. The summed E-state index contributed by atoms with van der Waals surface area (Å²) in [6.07, 6.45) is 34.6. The van der Waals surface area contributed by atoms with E-state index in [2.05, 4.69) is 25.2 Å². The second-order valence-electron chi connectivity index (χ2n) is 6.26. The Morgan fingerprint density at radius 2 is 1.16 bits per heavy atom. The summed E-state index contributed by atoms with van der Waals surface area (Å²) < 4.78 is 0. The maximum Gasteiger partial charge on any atom is 0.0823 e. The third-order valence-corrected chi connectivity index (χ3v) is 4.02. The molecular weight excluding hydrogens is 304 g/mol. The van der Waals surface area contributed by atoms with Crippen molar-refractivity contribution in [3.8, 4) is 0 Å². The number of aliphatic hydroxyl groups is 1. The SMILES string of the molecule is CCCCCCCCCC/C=C/C=C\C=C/C=C/C=C/C(=C/O)CC. The lowest BCUT2D eigenvalue weighted by molar-refractivity contribution is 0.467. The highest BCUT2D eigenvalue weighted by atomic mass is 16.2. The van der Waals surface area contributed by atoms with Crippen LogP contribution in [0.4, 0.5) is 0 Å². The first kappa shape index (κ1) is 23.2. The van der Waals surface area contributed by atoms with E-state index >= 15 is 0 Å². The molecule has 0 rings (SSSR count). The van der Waals surface area contributed by atoms with E-state index in [0.29, 0.717) is 0 Å². The summed E-state index contributed by atoms with van der Waals surface area (Å²) in [7, 11) is 0. The molecule has 0 aromatic rings. The monoisotopic (exact) mass is 342 g/mol. The zero-order valence-electron chi connectivity index (χ0n) is 16.4. The van der Waals surface area contributed by atoms with Crippen LogP contribution >= 0.6 is 0 Å². The highest BCUT2D eigenvalue weighted by Crippen LogP contribution is 2.09. The molecule has 25 heavy (non-hydrogen) atoms. The zero-order chi connectivity index (χ0) is 18.4. The van der Waals surface area contributed by atoms with E-state index in [9.17, 15) is 0 Å². The van der Waals surface area contributed by atoms with Crippen molar-refractivity contribution in [2.45, 2.75) is 78.1 Å². The molecule has 140 valence electrons. The van der Waals surface area contributed by atoms with Gasteiger partial charge in [0.15, 0.2) is 0 Å². The molecule has 0 aliphatic carbocycles. The second-order valence-corrected chi connectivity index (χ2v) is 6.26. The Morgan fingerprint density at radius 1 is 0.640 bits per heavy atom. The Labute approximate surface area is 156 Å². The van der Waals surface area contributed by atoms with E-state index in [0.717, 1.165) is 18.3 Å². The Hall–Kier alpha value is -1.76. The molecule has 0 aliphatic rings. The summed E-state index contributed by atoms with van der Waals surface area (Å²) in [5, 5.41) is 8.90. The van der Waals surface area contributed by atoms with Gasteiger partial charge in [-0.15, -0.1) is 0 Å². The smallest absolute Gasteiger partial charge is 0.0823 e. The Bertz CT molecular complexity index is 447. The van der Waals surface area contributed by atoms with Crippen LogP contribution in [0.25, 0.3) is 0 Å². The summed E-state index contributed by atoms with van der Waals surface area (Å²) in [5.41, 5.74) is 0.926. The van der Waals surface area contributed by atoms with Crippen LogP contribution in [0.1, 0.15) is 78.1 Å². The van der Waals surface area contributed by atoms with Gasteiger partial charge in [-0.25, -0.2) is 0 Å². The van der Waals surface area contributed by atoms with Gasteiger partial charge in [0.05, 0.1) is 6.26 Å². The summed E-state index contributed by atoms with van der Waals surface area (Å²) in [5.74, 6) is 0. The lowest BCUT2D eigenvalue weighted by Gasteiger charge is -1.99. The maximum absolute atomic E-state index is 8.90. The maximum atomic E-state index is 8.90. The van der Waals surface area contributed by atoms with Crippen molar-refractivity contribution < 1.29 is 5.11 Å². The van der Waals surface area contributed by atoms with E-state index in [1.165, 1.54) is 57.8 Å². The highest BCUT2D eigenvalue weighted by Gasteiger charge is 1.89. The first-order valence-corrected chi connectivity index (χ1v) is 10.0. The fourth-order valence-corrected chi connectivity index (χ4v) is 2.39. The van der Waals surface area contributed by atoms with Crippen molar-refractivity contribution in [1.29, 1.82) is 0 Å². The van der Waals surface area contributed by atoms with Crippen LogP contribution in [-0.4, -0.2) is 5.11 Å². The first-order valence-electron chi connectivity index (χ1n) is 10.0. The number of hydrogen-bond donors (Lipinski definition) is 1. The lowest BCUT2D eigenvalue weighted by Crippen LogP contribution is -1.79. The van der Waals surface area contributed by atoms with Crippen LogP contribution < -0.4 is 0 Å². The van der Waals surface area contributed by atoms with Gasteiger partial charge < -0.3 is 5.11 Å². The predicted octanol–water partition coefficient (Wildman–Crippen LogP) is 8.15. The quantitative estimate of drug-likeness (QED) is 0.181. The highest BCUT2D eigenvalue weighted by molar-refractivity contribution is 5.23. The van der Waals surface area contributed by atoms with Crippen molar-refractivity contribution in [3.63, 3.8) is 0 Å². The Morgan fingerprint density at radius 3 is 1.72 bits per heavy atom. The van der Waals surface area contributed by atoms with Gasteiger partial charge in [-0.1, -0.05) is 120 Å². The molecule has 0 radical (unpaired) electrons. The molecule has 0 bridgehead atoms. The Balaban J connectivity index is 3.59. The minimum atomic E-state index is 0.838. The summed E-state index contributed by atoms with van der Waals surface area (Å²) in [6, 6.07) is 0. The van der Waals surface area contributed by atoms with Crippen molar-refractivity contribution in [2.75, 3.05) is 0 Å². The van der Waals surface area contributed by atoms with E-state index in [-0.39, 0.29) is 0 Å². The van der Waals surface area contributed by atoms with Gasteiger partial charge in [-0.05, 0) is 24.8 Å². The molecule has 1 N–H and O–H groups in total. The summed E-state index contributed by atoms with van der Waals surface area (Å²) in [6.45, 7) is 4.29. The van der Waals surface area contributed by atoms with E-state index < -0.39 is 0 Å². The van der Waals surface area contributed by atoms with Crippen LogP contribution in [0.5, 0.6) is 0 Å². The fraction of sp³-hybridized carbons (Fsp3) is 0.500. The molecule has 0 aromatic carbocycles. The largest absolute Gasteiger partial charge is 0.515 e. The minimum absolute atomic E-state index is 0.838. The molecule has 0 saturated carbocycles. The Kier molecular flexibility index (Phi) is 18.9. The lowest BCUT2D eigenvalue weighted by atomic mass is 10.1. The second kappa shape index (κ2) is 20.3. The number of rotatable bonds is 15. The molecule has 1 heteroatoms. The summed E-state index contributed by atoms with van der Waals surface area (Å²) >= 11 is 0. The van der Waals surface area contributed by atoms with Crippen LogP contribution in [0.2, 0.25) is 0 Å². The molecule has 0 aliphatic heterocycles. The molecular formula is C24H38O. The standard InChI is InChI=1S/C24H38O/c1-3-5-6-7-8-9-10-11-12-13-14-15-16-17-18-19-20-21-22-24(4-2)23-25/h13-23,25H,3-12H2,1-2H3/b14-13+,16-15-,18-17-,20-19+,22-21+,24-23+. The number of unbranched alkanes of at least 4 members (excludes halogenated alkanes) is 8. The number of hydrogen-bond acceptors (Lipinski definition) is 1. The van der Waals surface area contributed by atoms with Gasteiger partial charge in [0.1, 0.15) is 0 Å². The van der Waals surface area contributed by atoms with E-state index in [1.807, 2.05) is 49.5 Å². The molecule has 0 atom stereocenters. The number of aliphatic hydroxyl groups excluding tert-OH is 1. The summed E-state index contributed by atoms with van der Waals surface area (Å²) in [4.78, 5) is 0. The average Bonchev–Trinajstić information content (AvgIpc) is 2.64. The fourth-order valence-electron chi connectivity index (χ4n) is 2.39. The van der Waals surface area contributed by atoms with Crippen molar-refractivity contribution in [1.82, 2.24) is 0 Å².